The Hall–Kier alpha value is -1.36. The topological polar surface area (TPSA) is 61.9 Å². The van der Waals surface area contributed by atoms with Gasteiger partial charge in [-0.05, 0) is 27.3 Å². The van der Waals surface area contributed by atoms with Crippen LogP contribution in [0.3, 0.4) is 0 Å². The second-order valence-electron chi connectivity index (χ2n) is 5.06. The zero-order valence-electron chi connectivity index (χ0n) is 11.9. The zero-order chi connectivity index (χ0) is 13.4. The Morgan fingerprint density at radius 1 is 1.17 bits per heavy atom. The molecule has 1 rings (SSSR count). The van der Waals surface area contributed by atoms with E-state index in [4.69, 9.17) is 0 Å². The van der Waals surface area contributed by atoms with Crippen molar-refractivity contribution in [2.75, 3.05) is 30.8 Å². The van der Waals surface area contributed by atoms with Gasteiger partial charge in [0.15, 0.2) is 0 Å². The summed E-state index contributed by atoms with van der Waals surface area (Å²) in [6.07, 6.45) is 3.92. The first-order chi connectivity index (χ1) is 8.57. The van der Waals surface area contributed by atoms with E-state index in [0.717, 1.165) is 31.1 Å². The molecule has 0 radical (unpaired) electrons. The molecule has 1 aromatic heterocycles. The summed E-state index contributed by atoms with van der Waals surface area (Å²) in [5, 5.41) is 9.85. The molecule has 0 atom stereocenters. The predicted octanol–water partition coefficient (Wildman–Crippen LogP) is 2.10. The lowest BCUT2D eigenvalue weighted by atomic mass is 10.1. The highest BCUT2D eigenvalue weighted by Gasteiger charge is 2.14. The van der Waals surface area contributed by atoms with E-state index < -0.39 is 0 Å². The first-order valence-electron chi connectivity index (χ1n) is 6.56. The second-order valence-corrected chi connectivity index (χ2v) is 5.06. The summed E-state index contributed by atoms with van der Waals surface area (Å²) in [5.74, 6) is 1.73. The van der Waals surface area contributed by atoms with Gasteiger partial charge >= 0.3 is 0 Å². The Balaban J connectivity index is 2.49. The molecule has 0 saturated carbocycles. The largest absolute Gasteiger partial charge is 0.370 e. The van der Waals surface area contributed by atoms with E-state index in [9.17, 15) is 0 Å². The average Bonchev–Trinajstić information content (AvgIpc) is 2.38. The molecule has 0 bridgehead atoms. The minimum absolute atomic E-state index is 0.0424. The lowest BCUT2D eigenvalue weighted by Crippen LogP contribution is -2.42. The molecule has 0 aromatic carbocycles. The van der Waals surface area contributed by atoms with Crippen LogP contribution in [0.1, 0.15) is 33.6 Å². The molecular formula is C13H25N5. The van der Waals surface area contributed by atoms with Crippen molar-refractivity contribution in [3.05, 3.63) is 12.4 Å². The van der Waals surface area contributed by atoms with Gasteiger partial charge in [0.1, 0.15) is 18.0 Å². The Bertz CT molecular complexity index is 351. The summed E-state index contributed by atoms with van der Waals surface area (Å²) in [6.45, 7) is 8.22. The van der Waals surface area contributed by atoms with Crippen molar-refractivity contribution in [3.8, 4) is 0 Å². The number of likely N-dealkylation sites (N-methyl/N-ethyl adjacent to an activating group) is 1. The van der Waals surface area contributed by atoms with Crippen molar-refractivity contribution in [2.45, 2.75) is 39.2 Å². The third-order valence-electron chi connectivity index (χ3n) is 2.89. The third kappa shape index (κ3) is 5.31. The maximum Gasteiger partial charge on any atom is 0.131 e. The lowest BCUT2D eigenvalue weighted by Gasteiger charge is -2.24. The lowest BCUT2D eigenvalue weighted by molar-refractivity contribution is 0.447. The number of anilines is 2. The molecular weight excluding hydrogens is 226 g/mol. The predicted molar refractivity (Wildman–Crippen MR) is 77.1 cm³/mol. The van der Waals surface area contributed by atoms with E-state index in [-0.39, 0.29) is 5.54 Å². The minimum Gasteiger partial charge on any atom is -0.370 e. The average molecular weight is 251 g/mol. The van der Waals surface area contributed by atoms with Crippen molar-refractivity contribution in [1.82, 2.24) is 15.3 Å². The molecule has 102 valence electrons. The van der Waals surface area contributed by atoms with Gasteiger partial charge in [0, 0.05) is 24.7 Å². The van der Waals surface area contributed by atoms with Crippen LogP contribution in [0.25, 0.3) is 0 Å². The van der Waals surface area contributed by atoms with Crippen LogP contribution in [0.15, 0.2) is 12.4 Å². The minimum atomic E-state index is 0.0424. The van der Waals surface area contributed by atoms with Gasteiger partial charge in [-0.2, -0.15) is 0 Å². The molecule has 5 heteroatoms. The van der Waals surface area contributed by atoms with Gasteiger partial charge in [-0.25, -0.2) is 9.97 Å². The van der Waals surface area contributed by atoms with Crippen molar-refractivity contribution in [1.29, 1.82) is 0 Å². The van der Waals surface area contributed by atoms with E-state index in [1.54, 1.807) is 6.33 Å². The van der Waals surface area contributed by atoms with Crippen LogP contribution < -0.4 is 16.0 Å². The van der Waals surface area contributed by atoms with Gasteiger partial charge in [0.2, 0.25) is 0 Å². The number of aromatic nitrogens is 2. The van der Waals surface area contributed by atoms with Crippen molar-refractivity contribution in [3.63, 3.8) is 0 Å². The highest BCUT2D eigenvalue weighted by molar-refractivity contribution is 5.46. The smallest absolute Gasteiger partial charge is 0.131 e. The SMILES string of the molecule is CCCCNc1cc(NCC(C)(C)NC)ncn1. The Kier molecular flexibility index (Phi) is 5.85. The van der Waals surface area contributed by atoms with Gasteiger partial charge in [-0.3, -0.25) is 0 Å². The van der Waals surface area contributed by atoms with E-state index >= 15 is 0 Å². The molecule has 0 saturated heterocycles. The maximum atomic E-state index is 4.21. The first-order valence-corrected chi connectivity index (χ1v) is 6.56. The molecule has 0 aliphatic rings. The van der Waals surface area contributed by atoms with Gasteiger partial charge < -0.3 is 16.0 Å². The number of unbranched alkanes of at least 4 members (excludes halogenated alkanes) is 1. The normalized spacial score (nSPS) is 11.3. The summed E-state index contributed by atoms with van der Waals surface area (Å²) in [6, 6.07) is 1.95. The van der Waals surface area contributed by atoms with E-state index in [0.29, 0.717) is 0 Å². The number of hydrogen-bond acceptors (Lipinski definition) is 5. The number of nitrogens with one attached hydrogen (secondary N) is 3. The standard InChI is InChI=1S/C13H25N5/c1-5-6-7-15-11-8-12(18-10-17-11)16-9-13(2,3)14-4/h8,10,14H,5-7,9H2,1-4H3,(H2,15,16,17,18). The fourth-order valence-electron chi connectivity index (χ4n) is 1.34. The monoisotopic (exact) mass is 251 g/mol. The van der Waals surface area contributed by atoms with Gasteiger partial charge in [0.05, 0.1) is 0 Å². The molecule has 5 nitrogen and oxygen atoms in total. The number of rotatable bonds is 8. The summed E-state index contributed by atoms with van der Waals surface area (Å²) in [4.78, 5) is 8.41. The van der Waals surface area contributed by atoms with Crippen molar-refractivity contribution in [2.24, 2.45) is 0 Å². The van der Waals surface area contributed by atoms with Crippen molar-refractivity contribution >= 4 is 11.6 Å². The molecule has 1 aromatic rings. The molecule has 0 unspecified atom stereocenters. The fraction of sp³-hybridized carbons (Fsp3) is 0.692. The van der Waals surface area contributed by atoms with Crippen LogP contribution in [0.2, 0.25) is 0 Å². The van der Waals surface area contributed by atoms with E-state index in [2.05, 4.69) is 46.7 Å². The summed E-state index contributed by atoms with van der Waals surface area (Å²) >= 11 is 0. The van der Waals surface area contributed by atoms with Crippen LogP contribution in [0.4, 0.5) is 11.6 Å². The Morgan fingerprint density at radius 2 is 1.83 bits per heavy atom. The Labute approximate surface area is 110 Å². The van der Waals surface area contributed by atoms with Gasteiger partial charge in [-0.15, -0.1) is 0 Å². The van der Waals surface area contributed by atoms with Gasteiger partial charge in [-0.1, -0.05) is 13.3 Å². The highest BCUT2D eigenvalue weighted by Crippen LogP contribution is 2.10. The molecule has 0 fully saturated rings. The first kappa shape index (κ1) is 14.7. The Morgan fingerprint density at radius 3 is 2.44 bits per heavy atom. The van der Waals surface area contributed by atoms with Gasteiger partial charge in [0.25, 0.3) is 0 Å². The molecule has 0 amide bonds. The van der Waals surface area contributed by atoms with Crippen LogP contribution in [-0.2, 0) is 0 Å². The molecule has 0 spiro atoms. The second kappa shape index (κ2) is 7.16. The summed E-state index contributed by atoms with van der Waals surface area (Å²) < 4.78 is 0. The molecule has 3 N–H and O–H groups in total. The zero-order valence-corrected chi connectivity index (χ0v) is 11.9. The van der Waals surface area contributed by atoms with E-state index in [1.165, 1.54) is 6.42 Å². The fourth-order valence-corrected chi connectivity index (χ4v) is 1.34. The quantitative estimate of drug-likeness (QED) is 0.618. The van der Waals surface area contributed by atoms with Crippen LogP contribution in [-0.4, -0.2) is 35.6 Å². The third-order valence-corrected chi connectivity index (χ3v) is 2.89. The molecule has 1 heterocycles. The molecule has 0 aliphatic carbocycles. The summed E-state index contributed by atoms with van der Waals surface area (Å²) in [5.41, 5.74) is 0.0424. The molecule has 18 heavy (non-hydrogen) atoms. The van der Waals surface area contributed by atoms with Crippen LogP contribution in [0, 0.1) is 0 Å². The molecule has 0 aliphatic heterocycles. The van der Waals surface area contributed by atoms with E-state index in [1.807, 2.05) is 13.1 Å². The van der Waals surface area contributed by atoms with Crippen LogP contribution >= 0.6 is 0 Å². The highest BCUT2D eigenvalue weighted by atomic mass is 15.1. The maximum absolute atomic E-state index is 4.21. The number of hydrogen-bond donors (Lipinski definition) is 3. The van der Waals surface area contributed by atoms with Crippen molar-refractivity contribution < 1.29 is 0 Å². The summed E-state index contributed by atoms with van der Waals surface area (Å²) in [7, 11) is 1.96. The van der Waals surface area contributed by atoms with Crippen LogP contribution in [0.5, 0.6) is 0 Å². The number of nitrogens with zero attached hydrogens (tertiary/aromatic N) is 2.